The molecule has 0 radical (unpaired) electrons. The standard InChI is InChI=1S/C15H11BrF2N4S/c16-11-4-1-10(13(18)7-11)8-23-15-21-20-14(22(15)19)9-2-5-12(17)6-3-9/h1-7H,8,19H2. The van der Waals surface area contributed by atoms with Crippen LogP contribution in [0.2, 0.25) is 0 Å². The van der Waals surface area contributed by atoms with Crippen LogP contribution in [0, 0.1) is 11.6 Å². The Hall–Kier alpha value is -1.93. The summed E-state index contributed by atoms with van der Waals surface area (Å²) in [5.41, 5.74) is 1.20. The summed E-state index contributed by atoms with van der Waals surface area (Å²) >= 11 is 4.49. The molecular weight excluding hydrogens is 386 g/mol. The summed E-state index contributed by atoms with van der Waals surface area (Å²) in [6.07, 6.45) is 0. The summed E-state index contributed by atoms with van der Waals surface area (Å²) in [4.78, 5) is 0. The maximum Gasteiger partial charge on any atom is 0.210 e. The highest BCUT2D eigenvalue weighted by Crippen LogP contribution is 2.26. The SMILES string of the molecule is Nn1c(SCc2ccc(Br)cc2F)nnc1-c1ccc(F)cc1. The molecule has 1 aromatic heterocycles. The second kappa shape index (κ2) is 6.67. The Balaban J connectivity index is 1.78. The van der Waals surface area contributed by atoms with Gasteiger partial charge in [-0.3, -0.25) is 0 Å². The van der Waals surface area contributed by atoms with Crippen molar-refractivity contribution < 1.29 is 8.78 Å². The van der Waals surface area contributed by atoms with E-state index >= 15 is 0 Å². The minimum atomic E-state index is -0.336. The molecule has 0 fully saturated rings. The molecule has 0 aliphatic heterocycles. The van der Waals surface area contributed by atoms with Crippen LogP contribution in [0.4, 0.5) is 8.78 Å². The lowest BCUT2D eigenvalue weighted by Crippen LogP contribution is -2.11. The Morgan fingerprint density at radius 2 is 1.83 bits per heavy atom. The Labute approximate surface area is 143 Å². The van der Waals surface area contributed by atoms with Gasteiger partial charge in [-0.2, -0.15) is 0 Å². The largest absolute Gasteiger partial charge is 0.335 e. The number of nitrogens with zero attached hydrogens (tertiary/aromatic N) is 3. The van der Waals surface area contributed by atoms with E-state index in [-0.39, 0.29) is 11.6 Å². The number of benzene rings is 2. The third-order valence-electron chi connectivity index (χ3n) is 3.14. The number of thioether (sulfide) groups is 1. The Kier molecular flexibility index (Phi) is 4.63. The molecule has 0 aliphatic rings. The van der Waals surface area contributed by atoms with E-state index in [2.05, 4.69) is 26.1 Å². The third-order valence-corrected chi connectivity index (χ3v) is 4.62. The topological polar surface area (TPSA) is 56.7 Å². The van der Waals surface area contributed by atoms with Crippen molar-refractivity contribution >= 4 is 27.7 Å². The van der Waals surface area contributed by atoms with Crippen molar-refractivity contribution in [2.24, 2.45) is 0 Å². The van der Waals surface area contributed by atoms with Crippen molar-refractivity contribution in [2.45, 2.75) is 10.9 Å². The van der Waals surface area contributed by atoms with E-state index in [4.69, 9.17) is 5.84 Å². The number of rotatable bonds is 4. The molecule has 0 saturated carbocycles. The number of aromatic nitrogens is 3. The van der Waals surface area contributed by atoms with Gasteiger partial charge in [0.15, 0.2) is 5.82 Å². The molecule has 0 unspecified atom stereocenters. The van der Waals surface area contributed by atoms with Crippen molar-refractivity contribution in [3.8, 4) is 11.4 Å². The van der Waals surface area contributed by atoms with Crippen LogP contribution in [0.3, 0.4) is 0 Å². The van der Waals surface area contributed by atoms with Crippen LogP contribution in [0.5, 0.6) is 0 Å². The molecule has 2 N–H and O–H groups in total. The number of halogens is 3. The van der Waals surface area contributed by atoms with Crippen LogP contribution in [0.1, 0.15) is 5.56 Å². The highest BCUT2D eigenvalue weighted by atomic mass is 79.9. The highest BCUT2D eigenvalue weighted by Gasteiger charge is 2.13. The first-order valence-electron chi connectivity index (χ1n) is 6.58. The van der Waals surface area contributed by atoms with E-state index in [0.717, 1.165) is 0 Å². The molecule has 0 spiro atoms. The Bertz CT molecular complexity index is 836. The van der Waals surface area contributed by atoms with Crippen molar-refractivity contribution in [3.05, 3.63) is 64.1 Å². The van der Waals surface area contributed by atoms with E-state index in [1.165, 1.54) is 34.6 Å². The second-order valence-electron chi connectivity index (χ2n) is 4.71. The molecule has 23 heavy (non-hydrogen) atoms. The molecule has 3 aromatic rings. The summed E-state index contributed by atoms with van der Waals surface area (Å²) in [7, 11) is 0. The molecule has 0 atom stereocenters. The van der Waals surface area contributed by atoms with Gasteiger partial charge >= 0.3 is 0 Å². The van der Waals surface area contributed by atoms with Gasteiger partial charge in [0.25, 0.3) is 0 Å². The average Bonchev–Trinajstić information content (AvgIpc) is 2.88. The molecule has 8 heteroatoms. The molecule has 0 amide bonds. The predicted molar refractivity (Wildman–Crippen MR) is 89.2 cm³/mol. The Morgan fingerprint density at radius 1 is 1.09 bits per heavy atom. The molecule has 0 saturated heterocycles. The average molecular weight is 397 g/mol. The zero-order valence-corrected chi connectivity index (χ0v) is 14.1. The lowest BCUT2D eigenvalue weighted by atomic mass is 10.2. The lowest BCUT2D eigenvalue weighted by Gasteiger charge is -2.05. The van der Waals surface area contributed by atoms with Crippen LogP contribution in [0.25, 0.3) is 11.4 Å². The van der Waals surface area contributed by atoms with Gasteiger partial charge in [-0.05, 0) is 42.0 Å². The van der Waals surface area contributed by atoms with Gasteiger partial charge in [0.05, 0.1) is 0 Å². The molecule has 0 aliphatic carbocycles. The van der Waals surface area contributed by atoms with E-state index < -0.39 is 0 Å². The van der Waals surface area contributed by atoms with Gasteiger partial charge in [-0.1, -0.05) is 33.8 Å². The number of hydrogen-bond acceptors (Lipinski definition) is 4. The molecule has 1 heterocycles. The van der Waals surface area contributed by atoms with E-state index in [9.17, 15) is 8.78 Å². The second-order valence-corrected chi connectivity index (χ2v) is 6.57. The smallest absolute Gasteiger partial charge is 0.210 e. The van der Waals surface area contributed by atoms with Gasteiger partial charge in [-0.15, -0.1) is 10.2 Å². The van der Waals surface area contributed by atoms with Crippen LogP contribution >= 0.6 is 27.7 Å². The molecule has 2 aromatic carbocycles. The fourth-order valence-corrected chi connectivity index (χ4v) is 3.13. The monoisotopic (exact) mass is 396 g/mol. The van der Waals surface area contributed by atoms with Crippen molar-refractivity contribution in [1.29, 1.82) is 0 Å². The van der Waals surface area contributed by atoms with Crippen LogP contribution < -0.4 is 5.84 Å². The maximum atomic E-state index is 13.8. The first-order valence-corrected chi connectivity index (χ1v) is 8.35. The van der Waals surface area contributed by atoms with Crippen LogP contribution in [-0.2, 0) is 5.75 Å². The van der Waals surface area contributed by atoms with Crippen molar-refractivity contribution in [1.82, 2.24) is 14.9 Å². The summed E-state index contributed by atoms with van der Waals surface area (Å²) in [6, 6.07) is 10.7. The van der Waals surface area contributed by atoms with Gasteiger partial charge in [0.1, 0.15) is 11.6 Å². The summed E-state index contributed by atoms with van der Waals surface area (Å²) in [5, 5.41) is 8.46. The van der Waals surface area contributed by atoms with Gasteiger partial charge in [-0.25, -0.2) is 13.5 Å². The van der Waals surface area contributed by atoms with Gasteiger partial charge in [0, 0.05) is 15.8 Å². The number of nitrogens with two attached hydrogens (primary N) is 1. The molecule has 0 bridgehead atoms. The zero-order chi connectivity index (χ0) is 16.4. The third kappa shape index (κ3) is 3.53. The quantitative estimate of drug-likeness (QED) is 0.534. The molecule has 118 valence electrons. The van der Waals surface area contributed by atoms with E-state index in [0.29, 0.717) is 32.3 Å². The summed E-state index contributed by atoms with van der Waals surface area (Å²) < 4.78 is 28.8. The maximum absolute atomic E-state index is 13.8. The fraction of sp³-hybridized carbons (Fsp3) is 0.0667. The normalized spacial score (nSPS) is 10.9. The summed E-state index contributed by atoms with van der Waals surface area (Å²) in [6.45, 7) is 0. The molecule has 3 rings (SSSR count). The first kappa shape index (κ1) is 15.9. The Morgan fingerprint density at radius 3 is 2.52 bits per heavy atom. The molecule has 4 nitrogen and oxygen atoms in total. The number of hydrogen-bond donors (Lipinski definition) is 1. The van der Waals surface area contributed by atoms with E-state index in [1.54, 1.807) is 24.3 Å². The van der Waals surface area contributed by atoms with Crippen LogP contribution in [0.15, 0.2) is 52.1 Å². The van der Waals surface area contributed by atoms with Crippen molar-refractivity contribution in [3.63, 3.8) is 0 Å². The van der Waals surface area contributed by atoms with Crippen LogP contribution in [-0.4, -0.2) is 14.9 Å². The zero-order valence-electron chi connectivity index (χ0n) is 11.7. The highest BCUT2D eigenvalue weighted by molar-refractivity contribution is 9.10. The minimum absolute atomic E-state index is 0.297. The van der Waals surface area contributed by atoms with E-state index in [1.807, 2.05) is 0 Å². The molecular formula is C15H11BrF2N4S. The van der Waals surface area contributed by atoms with Gasteiger partial charge in [0.2, 0.25) is 5.16 Å². The summed E-state index contributed by atoms with van der Waals surface area (Å²) in [5.74, 6) is 6.14. The lowest BCUT2D eigenvalue weighted by molar-refractivity contribution is 0.616. The fourth-order valence-electron chi connectivity index (χ4n) is 1.95. The predicted octanol–water partition coefficient (Wildman–Crippen LogP) is 3.99. The van der Waals surface area contributed by atoms with Crippen molar-refractivity contribution in [2.75, 3.05) is 5.84 Å². The first-order chi connectivity index (χ1) is 11.0. The minimum Gasteiger partial charge on any atom is -0.335 e. The van der Waals surface area contributed by atoms with Gasteiger partial charge < -0.3 is 5.84 Å². The number of nitrogen functional groups attached to an aromatic ring is 1.